The summed E-state index contributed by atoms with van der Waals surface area (Å²) in [7, 11) is 1.90. The number of anilines is 2. The number of benzene rings is 1. The first-order valence-electron chi connectivity index (χ1n) is 16.0. The van der Waals surface area contributed by atoms with Crippen molar-refractivity contribution in [3.8, 4) is 11.8 Å². The second kappa shape index (κ2) is 11.4. The van der Waals surface area contributed by atoms with Crippen LogP contribution >= 0.6 is 0 Å². The fraction of sp³-hybridized carbons (Fsp3) is 0.743. The minimum absolute atomic E-state index is 0.110. The predicted molar refractivity (Wildman–Crippen MR) is 162 cm³/mol. The molecule has 0 aromatic heterocycles. The summed E-state index contributed by atoms with van der Waals surface area (Å²) >= 11 is 0. The van der Waals surface area contributed by atoms with Gasteiger partial charge in [-0.2, -0.15) is 5.26 Å². The molecule has 0 amide bonds. The zero-order valence-electron chi connectivity index (χ0n) is 25.2. The van der Waals surface area contributed by atoms with E-state index in [-0.39, 0.29) is 17.4 Å². The SMILES string of the molecule is CNc1ccc(OC2CCC3(C#N)C(C=CC4C5CCC(C(C)CCCC(C)C)C5(C)CCCC43)C2)c(N)c1. The number of rotatable bonds is 8. The van der Waals surface area contributed by atoms with E-state index in [1.54, 1.807) is 0 Å². The maximum atomic E-state index is 10.8. The molecule has 4 aliphatic rings. The van der Waals surface area contributed by atoms with Crippen molar-refractivity contribution in [2.75, 3.05) is 18.1 Å². The molecule has 39 heavy (non-hydrogen) atoms. The van der Waals surface area contributed by atoms with E-state index in [1.807, 2.05) is 25.2 Å². The van der Waals surface area contributed by atoms with Gasteiger partial charge in [0.15, 0.2) is 0 Å². The van der Waals surface area contributed by atoms with E-state index in [4.69, 9.17) is 10.5 Å². The van der Waals surface area contributed by atoms with Crippen LogP contribution < -0.4 is 15.8 Å². The van der Waals surface area contributed by atoms with Gasteiger partial charge in [0.2, 0.25) is 0 Å². The lowest BCUT2D eigenvalue weighted by atomic mass is 9.51. The first kappa shape index (κ1) is 28.4. The van der Waals surface area contributed by atoms with Gasteiger partial charge in [0.05, 0.1) is 23.3 Å². The summed E-state index contributed by atoms with van der Waals surface area (Å²) < 4.78 is 6.46. The second-order valence-corrected chi connectivity index (χ2v) is 14.3. The molecule has 0 saturated heterocycles. The Morgan fingerprint density at radius 2 is 1.90 bits per heavy atom. The Morgan fingerprint density at radius 3 is 2.62 bits per heavy atom. The molecule has 4 heteroatoms. The highest BCUT2D eigenvalue weighted by molar-refractivity contribution is 5.62. The van der Waals surface area contributed by atoms with E-state index < -0.39 is 0 Å². The number of fused-ring (bicyclic) bond motifs is 5. The van der Waals surface area contributed by atoms with E-state index in [9.17, 15) is 5.26 Å². The molecule has 4 nitrogen and oxygen atoms in total. The average molecular weight is 532 g/mol. The Hall–Kier alpha value is -2.15. The molecule has 9 atom stereocenters. The summed E-state index contributed by atoms with van der Waals surface area (Å²) in [6, 6.07) is 8.91. The highest BCUT2D eigenvalue weighted by Crippen LogP contribution is 2.65. The predicted octanol–water partition coefficient (Wildman–Crippen LogP) is 8.85. The van der Waals surface area contributed by atoms with Gasteiger partial charge in [-0.05, 0) is 110 Å². The minimum Gasteiger partial charge on any atom is -0.488 e. The van der Waals surface area contributed by atoms with E-state index in [0.29, 0.717) is 22.9 Å². The van der Waals surface area contributed by atoms with Gasteiger partial charge >= 0.3 is 0 Å². The lowest BCUT2D eigenvalue weighted by Gasteiger charge is -2.52. The number of ether oxygens (including phenoxy) is 1. The zero-order chi connectivity index (χ0) is 27.8. The third kappa shape index (κ3) is 5.20. The molecule has 5 rings (SSSR count). The van der Waals surface area contributed by atoms with Crippen LogP contribution in [0.25, 0.3) is 0 Å². The molecule has 214 valence electrons. The normalized spacial score (nSPS) is 38.2. The molecule has 0 heterocycles. The lowest BCUT2D eigenvalue weighted by Crippen LogP contribution is -2.49. The number of nitriles is 1. The smallest absolute Gasteiger partial charge is 0.142 e. The Balaban J connectivity index is 1.32. The fourth-order valence-electron chi connectivity index (χ4n) is 9.81. The van der Waals surface area contributed by atoms with E-state index in [1.165, 1.54) is 51.4 Å². The van der Waals surface area contributed by atoms with Crippen molar-refractivity contribution in [2.24, 2.45) is 52.3 Å². The van der Waals surface area contributed by atoms with E-state index in [2.05, 4.69) is 51.2 Å². The topological polar surface area (TPSA) is 71.1 Å². The van der Waals surface area contributed by atoms with Crippen molar-refractivity contribution in [3.05, 3.63) is 30.4 Å². The highest BCUT2D eigenvalue weighted by atomic mass is 16.5. The Bertz CT molecular complexity index is 1070. The Labute approximate surface area is 238 Å². The second-order valence-electron chi connectivity index (χ2n) is 14.3. The van der Waals surface area contributed by atoms with Crippen LogP contribution in [-0.4, -0.2) is 13.2 Å². The van der Waals surface area contributed by atoms with Gasteiger partial charge in [-0.3, -0.25) is 0 Å². The van der Waals surface area contributed by atoms with Gasteiger partial charge in [-0.25, -0.2) is 0 Å². The number of hydrogen-bond donors (Lipinski definition) is 2. The molecule has 0 spiro atoms. The summed E-state index contributed by atoms with van der Waals surface area (Å²) in [5.74, 6) is 5.27. The van der Waals surface area contributed by atoms with Crippen LogP contribution in [-0.2, 0) is 0 Å². The number of nitrogens with zero attached hydrogens (tertiary/aromatic N) is 1. The number of allylic oxidation sites excluding steroid dienone is 2. The quantitative estimate of drug-likeness (QED) is 0.260. The van der Waals surface area contributed by atoms with Crippen molar-refractivity contribution in [1.82, 2.24) is 0 Å². The molecule has 3 N–H and O–H groups in total. The first-order chi connectivity index (χ1) is 18.7. The van der Waals surface area contributed by atoms with Crippen LogP contribution in [0, 0.1) is 63.6 Å². The van der Waals surface area contributed by atoms with Gasteiger partial charge in [0.25, 0.3) is 0 Å². The Kier molecular flexibility index (Phi) is 8.28. The molecule has 4 aliphatic carbocycles. The largest absolute Gasteiger partial charge is 0.488 e. The average Bonchev–Trinajstić information content (AvgIpc) is 3.18. The summed E-state index contributed by atoms with van der Waals surface area (Å²) in [6.45, 7) is 9.90. The molecule has 3 saturated carbocycles. The highest BCUT2D eigenvalue weighted by Gasteiger charge is 2.59. The van der Waals surface area contributed by atoms with E-state index in [0.717, 1.165) is 54.4 Å². The maximum Gasteiger partial charge on any atom is 0.142 e. The third-order valence-corrected chi connectivity index (χ3v) is 11.9. The molecule has 3 fully saturated rings. The van der Waals surface area contributed by atoms with Crippen molar-refractivity contribution in [3.63, 3.8) is 0 Å². The number of hydrogen-bond acceptors (Lipinski definition) is 4. The van der Waals surface area contributed by atoms with Crippen molar-refractivity contribution in [2.45, 2.75) is 104 Å². The van der Waals surface area contributed by atoms with Crippen LogP contribution in [0.1, 0.15) is 98.3 Å². The molecule has 1 aromatic carbocycles. The molecule has 0 radical (unpaired) electrons. The van der Waals surface area contributed by atoms with Crippen LogP contribution in [0.2, 0.25) is 0 Å². The summed E-state index contributed by atoms with van der Waals surface area (Å²) in [5.41, 5.74) is 8.15. The van der Waals surface area contributed by atoms with Gasteiger partial charge < -0.3 is 15.8 Å². The maximum absolute atomic E-state index is 10.8. The van der Waals surface area contributed by atoms with Gasteiger partial charge in [0, 0.05) is 12.7 Å². The molecule has 0 bridgehead atoms. The van der Waals surface area contributed by atoms with Gasteiger partial charge in [0.1, 0.15) is 5.75 Å². The molecule has 1 aromatic rings. The van der Waals surface area contributed by atoms with Crippen LogP contribution in [0.15, 0.2) is 30.4 Å². The third-order valence-electron chi connectivity index (χ3n) is 11.9. The molecule has 9 unspecified atom stereocenters. The minimum atomic E-state index is -0.243. The first-order valence-corrected chi connectivity index (χ1v) is 16.0. The number of nitrogens with two attached hydrogens (primary N) is 1. The van der Waals surface area contributed by atoms with Crippen LogP contribution in [0.3, 0.4) is 0 Å². The zero-order valence-corrected chi connectivity index (χ0v) is 25.2. The van der Waals surface area contributed by atoms with Crippen molar-refractivity contribution < 1.29 is 4.74 Å². The molecule has 0 aliphatic heterocycles. The number of nitrogen functional groups attached to an aromatic ring is 1. The summed E-state index contributed by atoms with van der Waals surface area (Å²) in [6.07, 6.45) is 18.6. The van der Waals surface area contributed by atoms with E-state index >= 15 is 0 Å². The molecular formula is C35H53N3O. The number of nitrogens with one attached hydrogen (secondary N) is 1. The van der Waals surface area contributed by atoms with Crippen LogP contribution in [0.5, 0.6) is 5.75 Å². The molecular weight excluding hydrogens is 478 g/mol. The summed E-state index contributed by atoms with van der Waals surface area (Å²) in [4.78, 5) is 0. The van der Waals surface area contributed by atoms with Crippen molar-refractivity contribution >= 4 is 11.4 Å². The monoisotopic (exact) mass is 531 g/mol. The lowest BCUT2D eigenvalue weighted by molar-refractivity contribution is -0.00756. The van der Waals surface area contributed by atoms with Gasteiger partial charge in [-0.1, -0.05) is 65.5 Å². The fourth-order valence-corrected chi connectivity index (χ4v) is 9.81. The van der Waals surface area contributed by atoms with Gasteiger partial charge in [-0.15, -0.1) is 0 Å². The van der Waals surface area contributed by atoms with Crippen LogP contribution in [0.4, 0.5) is 11.4 Å². The standard InChI is InChI=1S/C35H53N3O/c1-23(2)8-6-9-24(3)29-14-15-30-28-13-11-25-20-27(39-33-16-12-26(38-5)21-32(33)37)17-19-35(25,22-36)31(28)10-7-18-34(29,30)4/h11-13,16,21,23-25,27-31,38H,6-10,14-15,17-20,37H2,1-5H3. The van der Waals surface area contributed by atoms with Crippen molar-refractivity contribution in [1.29, 1.82) is 5.26 Å². The summed E-state index contributed by atoms with van der Waals surface area (Å²) in [5, 5.41) is 14.0. The Morgan fingerprint density at radius 1 is 1.08 bits per heavy atom.